The number of aromatic carboxylic acids is 1. The zero-order chi connectivity index (χ0) is 17.6. The summed E-state index contributed by atoms with van der Waals surface area (Å²) in [6.07, 6.45) is -9.26. The van der Waals surface area contributed by atoms with Crippen LogP contribution in [0, 0.1) is 0 Å². The first kappa shape index (κ1) is 17.1. The number of carbonyl (C=O) groups is 1. The zero-order valence-electron chi connectivity index (χ0n) is 10.6. The molecule has 0 aliphatic rings. The number of pyridine rings is 1. The third-order valence-corrected chi connectivity index (χ3v) is 2.90. The van der Waals surface area contributed by atoms with Crippen molar-refractivity contribution in [1.82, 2.24) is 14.8 Å². The van der Waals surface area contributed by atoms with Crippen LogP contribution in [0.1, 0.15) is 21.6 Å². The monoisotopic (exact) mass is 359 g/mol. The van der Waals surface area contributed by atoms with Crippen molar-refractivity contribution < 1.29 is 36.2 Å². The molecule has 2 aromatic heterocycles. The Morgan fingerprint density at radius 1 is 1.13 bits per heavy atom. The maximum atomic E-state index is 13.0. The molecule has 124 valence electrons. The van der Waals surface area contributed by atoms with Crippen molar-refractivity contribution in [3.05, 3.63) is 40.3 Å². The Hall–Kier alpha value is -2.30. The molecule has 0 aliphatic heterocycles. The number of hydrogen-bond acceptors (Lipinski definition) is 3. The van der Waals surface area contributed by atoms with Crippen molar-refractivity contribution in [2.45, 2.75) is 12.4 Å². The van der Waals surface area contributed by atoms with Crippen LogP contribution in [0.25, 0.3) is 5.82 Å². The fourth-order valence-corrected chi connectivity index (χ4v) is 1.93. The van der Waals surface area contributed by atoms with Gasteiger partial charge in [0.25, 0.3) is 0 Å². The molecule has 23 heavy (non-hydrogen) atoms. The largest absolute Gasteiger partial charge is 0.478 e. The van der Waals surface area contributed by atoms with E-state index in [0.717, 1.165) is 0 Å². The molecule has 12 heteroatoms. The van der Waals surface area contributed by atoms with E-state index < -0.39 is 46.0 Å². The molecule has 5 nitrogen and oxygen atoms in total. The molecule has 0 radical (unpaired) electrons. The third-order valence-electron chi connectivity index (χ3n) is 2.62. The Morgan fingerprint density at radius 3 is 2.17 bits per heavy atom. The fourth-order valence-electron chi connectivity index (χ4n) is 1.68. The van der Waals surface area contributed by atoms with Crippen LogP contribution < -0.4 is 0 Å². The van der Waals surface area contributed by atoms with Gasteiger partial charge < -0.3 is 5.11 Å². The molecule has 0 aromatic carbocycles. The van der Waals surface area contributed by atoms with E-state index in [9.17, 15) is 31.1 Å². The summed E-state index contributed by atoms with van der Waals surface area (Å²) in [6, 6.07) is 0.367. The van der Waals surface area contributed by atoms with E-state index in [1.807, 2.05) is 0 Å². The van der Waals surface area contributed by atoms with Crippen molar-refractivity contribution in [2.75, 3.05) is 0 Å². The molecule has 0 bridgehead atoms. The second-order valence-electron chi connectivity index (χ2n) is 4.15. The molecule has 0 aliphatic carbocycles. The fraction of sp³-hybridized carbons (Fsp3) is 0.182. The minimum Gasteiger partial charge on any atom is -0.478 e. The number of alkyl halides is 6. The van der Waals surface area contributed by atoms with Gasteiger partial charge in [-0.2, -0.15) is 31.4 Å². The molecule has 2 heterocycles. The molecule has 1 N–H and O–H groups in total. The summed E-state index contributed by atoms with van der Waals surface area (Å²) < 4.78 is 76.6. The highest BCUT2D eigenvalue weighted by atomic mass is 35.5. The molecule has 2 rings (SSSR count). The SMILES string of the molecule is O=C(O)c1cnn(-c2ncc(C(F)(F)F)cc2Cl)c1C(F)(F)F. The van der Waals surface area contributed by atoms with Gasteiger partial charge in [-0.25, -0.2) is 14.5 Å². The lowest BCUT2D eigenvalue weighted by Crippen LogP contribution is -2.18. The van der Waals surface area contributed by atoms with Crippen LogP contribution in [-0.4, -0.2) is 25.8 Å². The molecular formula is C11H4ClF6N3O2. The van der Waals surface area contributed by atoms with Crippen LogP contribution in [0.5, 0.6) is 0 Å². The first-order valence-electron chi connectivity index (χ1n) is 5.54. The Balaban J connectivity index is 2.67. The van der Waals surface area contributed by atoms with E-state index >= 15 is 0 Å². The average Bonchev–Trinajstić information content (AvgIpc) is 2.82. The van der Waals surface area contributed by atoms with Gasteiger partial charge in [0.05, 0.1) is 16.8 Å². The van der Waals surface area contributed by atoms with E-state index in [4.69, 9.17) is 16.7 Å². The topological polar surface area (TPSA) is 68.0 Å². The van der Waals surface area contributed by atoms with Gasteiger partial charge in [-0.3, -0.25) is 0 Å². The van der Waals surface area contributed by atoms with E-state index in [1.165, 1.54) is 0 Å². The second kappa shape index (κ2) is 5.41. The normalized spacial score (nSPS) is 12.5. The van der Waals surface area contributed by atoms with Gasteiger partial charge in [0.15, 0.2) is 11.5 Å². The molecule has 0 amide bonds. The minimum absolute atomic E-state index is 0.0337. The number of halogens is 7. The Bertz CT molecular complexity index is 768. The highest BCUT2D eigenvalue weighted by molar-refractivity contribution is 6.32. The van der Waals surface area contributed by atoms with Gasteiger partial charge >= 0.3 is 18.3 Å². The van der Waals surface area contributed by atoms with E-state index in [-0.39, 0.29) is 10.9 Å². The van der Waals surface area contributed by atoms with Gasteiger partial charge in [-0.1, -0.05) is 11.6 Å². The quantitative estimate of drug-likeness (QED) is 0.831. The molecule has 0 fully saturated rings. The van der Waals surface area contributed by atoms with Crippen LogP contribution >= 0.6 is 11.6 Å². The van der Waals surface area contributed by atoms with E-state index in [0.29, 0.717) is 12.3 Å². The second-order valence-corrected chi connectivity index (χ2v) is 4.56. The Kier molecular flexibility index (Phi) is 4.01. The van der Waals surface area contributed by atoms with Gasteiger partial charge in [0.1, 0.15) is 5.56 Å². The van der Waals surface area contributed by atoms with Crippen LogP contribution in [-0.2, 0) is 12.4 Å². The number of aromatic nitrogens is 3. The summed E-state index contributed by atoms with van der Waals surface area (Å²) in [7, 11) is 0. The summed E-state index contributed by atoms with van der Waals surface area (Å²) in [4.78, 5) is 14.0. The van der Waals surface area contributed by atoms with Gasteiger partial charge in [-0.05, 0) is 6.07 Å². The smallest absolute Gasteiger partial charge is 0.434 e. The van der Waals surface area contributed by atoms with Gasteiger partial charge in [0, 0.05) is 6.20 Å². The van der Waals surface area contributed by atoms with E-state index in [2.05, 4.69) is 10.1 Å². The van der Waals surface area contributed by atoms with Gasteiger partial charge in [0.2, 0.25) is 0 Å². The standard InChI is InChI=1S/C11H4ClF6N3O2/c12-6-1-4(10(13,14)15)2-19-8(6)21-7(11(16,17)18)5(3-20-21)9(22)23/h1-3H,(H,22,23). The summed E-state index contributed by atoms with van der Waals surface area (Å²) in [5.74, 6) is -2.69. The predicted octanol–water partition coefficient (Wildman–Crippen LogP) is 3.66. The van der Waals surface area contributed by atoms with Crippen molar-refractivity contribution in [2.24, 2.45) is 0 Å². The number of carboxylic acids is 1. The van der Waals surface area contributed by atoms with Crippen molar-refractivity contribution >= 4 is 17.6 Å². The summed E-state index contributed by atoms with van der Waals surface area (Å²) in [5, 5.41) is 11.2. The summed E-state index contributed by atoms with van der Waals surface area (Å²) >= 11 is 5.54. The molecule has 0 saturated heterocycles. The Labute approximate surface area is 128 Å². The zero-order valence-corrected chi connectivity index (χ0v) is 11.3. The number of nitrogens with zero attached hydrogens (tertiary/aromatic N) is 3. The molecule has 0 spiro atoms. The molecular weight excluding hydrogens is 356 g/mol. The predicted molar refractivity (Wildman–Crippen MR) is 63.3 cm³/mol. The Morgan fingerprint density at radius 2 is 1.74 bits per heavy atom. The number of carboxylic acid groups (broad SMARTS) is 1. The molecule has 0 atom stereocenters. The van der Waals surface area contributed by atoms with Crippen molar-refractivity contribution in [3.8, 4) is 5.82 Å². The first-order chi connectivity index (χ1) is 10.4. The number of rotatable bonds is 2. The van der Waals surface area contributed by atoms with Crippen LogP contribution in [0.15, 0.2) is 18.5 Å². The molecule has 0 saturated carbocycles. The van der Waals surface area contributed by atoms with Crippen LogP contribution in [0.3, 0.4) is 0 Å². The maximum Gasteiger partial charge on any atom is 0.434 e. The first-order valence-corrected chi connectivity index (χ1v) is 5.92. The maximum absolute atomic E-state index is 13.0. The lowest BCUT2D eigenvalue weighted by atomic mass is 10.2. The average molecular weight is 360 g/mol. The van der Waals surface area contributed by atoms with Gasteiger partial charge in [-0.15, -0.1) is 0 Å². The summed E-state index contributed by atoms with van der Waals surface area (Å²) in [5.41, 5.74) is -4.17. The van der Waals surface area contributed by atoms with Crippen LogP contribution in [0.4, 0.5) is 26.3 Å². The van der Waals surface area contributed by atoms with Crippen molar-refractivity contribution in [3.63, 3.8) is 0 Å². The third kappa shape index (κ3) is 3.23. The van der Waals surface area contributed by atoms with Crippen LogP contribution in [0.2, 0.25) is 5.02 Å². The van der Waals surface area contributed by atoms with E-state index in [1.54, 1.807) is 0 Å². The number of hydrogen-bond donors (Lipinski definition) is 1. The highest BCUT2D eigenvalue weighted by Crippen LogP contribution is 2.36. The summed E-state index contributed by atoms with van der Waals surface area (Å²) in [6.45, 7) is 0. The lowest BCUT2D eigenvalue weighted by molar-refractivity contribution is -0.143. The van der Waals surface area contributed by atoms with Crippen molar-refractivity contribution in [1.29, 1.82) is 0 Å². The lowest BCUT2D eigenvalue weighted by Gasteiger charge is -2.13. The molecule has 2 aromatic rings. The molecule has 0 unspecified atom stereocenters. The minimum atomic E-state index is -5.14. The highest BCUT2D eigenvalue weighted by Gasteiger charge is 2.41.